The molecule has 0 radical (unpaired) electrons. The molecule has 0 heterocycles. The second-order valence-corrected chi connectivity index (χ2v) is 3.58. The standard InChI is InChI=1S/C12H14O2/c1-8(2)10-4-11(6-13)9(3)12(5-10)7-14/h4-8,13H,3H2,1-2H3/b11-6+. The molecule has 0 aromatic heterocycles. The molecule has 0 fully saturated rings. The Morgan fingerprint density at radius 3 is 2.50 bits per heavy atom. The fraction of sp³-hybridized carbons (Fsp3) is 0.250. The first kappa shape index (κ1) is 10.5. The molecule has 2 heteroatoms. The Kier molecular flexibility index (Phi) is 3.07. The van der Waals surface area contributed by atoms with Crippen LogP contribution >= 0.6 is 0 Å². The van der Waals surface area contributed by atoms with Gasteiger partial charge in [-0.05, 0) is 28.8 Å². The first-order valence-electron chi connectivity index (χ1n) is 4.52. The van der Waals surface area contributed by atoms with Gasteiger partial charge in [-0.2, -0.15) is 0 Å². The lowest BCUT2D eigenvalue weighted by Gasteiger charge is -2.06. The van der Waals surface area contributed by atoms with Gasteiger partial charge in [0.2, 0.25) is 0 Å². The number of aldehydes is 1. The molecule has 1 N–H and O–H groups in total. The summed E-state index contributed by atoms with van der Waals surface area (Å²) >= 11 is 0. The van der Waals surface area contributed by atoms with Crippen molar-refractivity contribution in [3.63, 3.8) is 0 Å². The lowest BCUT2D eigenvalue weighted by Crippen LogP contribution is -2.28. The topological polar surface area (TPSA) is 37.3 Å². The number of hydrogen-bond donors (Lipinski definition) is 1. The molecule has 0 unspecified atom stereocenters. The molecule has 0 saturated carbocycles. The Morgan fingerprint density at radius 2 is 2.07 bits per heavy atom. The summed E-state index contributed by atoms with van der Waals surface area (Å²) < 4.78 is 0. The summed E-state index contributed by atoms with van der Waals surface area (Å²) in [4.78, 5) is 10.7. The number of rotatable bonds is 2. The van der Waals surface area contributed by atoms with Gasteiger partial charge in [0.1, 0.15) is 0 Å². The van der Waals surface area contributed by atoms with Crippen LogP contribution in [-0.2, 0) is 0 Å². The summed E-state index contributed by atoms with van der Waals surface area (Å²) in [5.41, 5.74) is 1.57. The van der Waals surface area contributed by atoms with E-state index in [2.05, 4.69) is 6.58 Å². The van der Waals surface area contributed by atoms with Crippen LogP contribution in [0.25, 0.3) is 12.8 Å². The minimum absolute atomic E-state index is 0.327. The van der Waals surface area contributed by atoms with E-state index in [0.717, 1.165) is 18.1 Å². The van der Waals surface area contributed by atoms with Crippen molar-refractivity contribution in [1.82, 2.24) is 0 Å². The van der Waals surface area contributed by atoms with E-state index in [9.17, 15) is 4.79 Å². The first-order valence-corrected chi connectivity index (χ1v) is 4.52. The lowest BCUT2D eigenvalue weighted by molar-refractivity contribution is 0.112. The molecular formula is C12H14O2. The fourth-order valence-corrected chi connectivity index (χ4v) is 1.30. The van der Waals surface area contributed by atoms with Crippen LogP contribution in [0.2, 0.25) is 0 Å². The van der Waals surface area contributed by atoms with E-state index in [1.54, 1.807) is 0 Å². The summed E-state index contributed by atoms with van der Waals surface area (Å²) in [5, 5.41) is 10.1. The van der Waals surface area contributed by atoms with Gasteiger partial charge in [-0.15, -0.1) is 0 Å². The van der Waals surface area contributed by atoms with Crippen LogP contribution in [-0.4, -0.2) is 11.4 Å². The average Bonchev–Trinajstić information content (AvgIpc) is 2.17. The average molecular weight is 190 g/mol. The highest BCUT2D eigenvalue weighted by atomic mass is 16.2. The van der Waals surface area contributed by atoms with Gasteiger partial charge in [-0.1, -0.05) is 20.4 Å². The Morgan fingerprint density at radius 1 is 1.43 bits per heavy atom. The van der Waals surface area contributed by atoms with Gasteiger partial charge in [-0.3, -0.25) is 4.79 Å². The molecule has 0 aliphatic heterocycles. The van der Waals surface area contributed by atoms with Gasteiger partial charge in [0.25, 0.3) is 0 Å². The minimum atomic E-state index is 0.327. The highest BCUT2D eigenvalue weighted by Gasteiger charge is 2.02. The molecule has 0 amide bonds. The molecule has 1 aromatic rings. The molecule has 0 bridgehead atoms. The largest absolute Gasteiger partial charge is 0.515 e. The summed E-state index contributed by atoms with van der Waals surface area (Å²) in [6.45, 7) is 7.81. The lowest BCUT2D eigenvalue weighted by atomic mass is 9.99. The number of aliphatic hydroxyl groups is 1. The van der Waals surface area contributed by atoms with Crippen molar-refractivity contribution in [2.24, 2.45) is 0 Å². The molecule has 1 aromatic carbocycles. The fourth-order valence-electron chi connectivity index (χ4n) is 1.30. The zero-order valence-corrected chi connectivity index (χ0v) is 8.45. The van der Waals surface area contributed by atoms with Gasteiger partial charge in [0, 0.05) is 10.8 Å². The number of carbonyl (C=O) groups is 1. The predicted octanol–water partition coefficient (Wildman–Crippen LogP) is 1.33. The van der Waals surface area contributed by atoms with Gasteiger partial charge in [0.05, 0.1) is 6.26 Å². The van der Waals surface area contributed by atoms with Crippen molar-refractivity contribution < 1.29 is 9.90 Å². The van der Waals surface area contributed by atoms with Crippen LogP contribution in [0.3, 0.4) is 0 Å². The van der Waals surface area contributed by atoms with Crippen molar-refractivity contribution in [3.8, 4) is 0 Å². The van der Waals surface area contributed by atoms with Crippen LogP contribution in [0, 0.1) is 0 Å². The SMILES string of the molecule is C=c1c(C=O)cc(C(C)C)c/c1=C\O. The molecule has 14 heavy (non-hydrogen) atoms. The highest BCUT2D eigenvalue weighted by Crippen LogP contribution is 2.11. The second kappa shape index (κ2) is 4.09. The third-order valence-corrected chi connectivity index (χ3v) is 2.27. The molecule has 0 aliphatic rings. The maximum atomic E-state index is 10.7. The molecule has 0 spiro atoms. The summed E-state index contributed by atoms with van der Waals surface area (Å²) in [6, 6.07) is 3.66. The Labute approximate surface area is 83.2 Å². The summed E-state index contributed by atoms with van der Waals surface area (Å²) in [5.74, 6) is 0.327. The predicted molar refractivity (Wildman–Crippen MR) is 57.8 cm³/mol. The third kappa shape index (κ3) is 1.84. The van der Waals surface area contributed by atoms with E-state index in [4.69, 9.17) is 5.11 Å². The quantitative estimate of drug-likeness (QED) is 0.714. The Hall–Kier alpha value is -1.57. The van der Waals surface area contributed by atoms with Crippen LogP contribution in [0.15, 0.2) is 12.1 Å². The van der Waals surface area contributed by atoms with E-state index in [0.29, 0.717) is 21.9 Å². The van der Waals surface area contributed by atoms with Crippen molar-refractivity contribution in [1.29, 1.82) is 0 Å². The summed E-state index contributed by atoms with van der Waals surface area (Å²) in [6.07, 6.45) is 1.75. The Bertz CT molecular complexity index is 444. The van der Waals surface area contributed by atoms with Gasteiger partial charge >= 0.3 is 0 Å². The summed E-state index contributed by atoms with van der Waals surface area (Å²) in [7, 11) is 0. The first-order chi connectivity index (χ1) is 6.60. The minimum Gasteiger partial charge on any atom is -0.515 e. The number of aliphatic hydroxyl groups excluding tert-OH is 1. The molecule has 0 saturated heterocycles. The molecule has 74 valence electrons. The van der Waals surface area contributed by atoms with Crippen LogP contribution in [0.1, 0.15) is 35.7 Å². The second-order valence-electron chi connectivity index (χ2n) is 3.58. The maximum Gasteiger partial charge on any atom is 0.150 e. The molecule has 2 nitrogen and oxygen atoms in total. The number of hydrogen-bond acceptors (Lipinski definition) is 2. The zero-order valence-electron chi connectivity index (χ0n) is 8.45. The van der Waals surface area contributed by atoms with Crippen LogP contribution in [0.4, 0.5) is 0 Å². The van der Waals surface area contributed by atoms with Crippen LogP contribution < -0.4 is 10.4 Å². The van der Waals surface area contributed by atoms with Gasteiger partial charge in [0.15, 0.2) is 6.29 Å². The van der Waals surface area contributed by atoms with E-state index < -0.39 is 0 Å². The van der Waals surface area contributed by atoms with Crippen molar-refractivity contribution in [3.05, 3.63) is 33.7 Å². The number of benzene rings is 1. The van der Waals surface area contributed by atoms with Crippen molar-refractivity contribution in [2.45, 2.75) is 19.8 Å². The van der Waals surface area contributed by atoms with Gasteiger partial charge in [-0.25, -0.2) is 0 Å². The molecule has 1 rings (SSSR count). The molecular weight excluding hydrogens is 176 g/mol. The molecule has 0 aliphatic carbocycles. The van der Waals surface area contributed by atoms with E-state index >= 15 is 0 Å². The monoisotopic (exact) mass is 190 g/mol. The highest BCUT2D eigenvalue weighted by molar-refractivity contribution is 5.75. The van der Waals surface area contributed by atoms with Crippen molar-refractivity contribution >= 4 is 19.1 Å². The van der Waals surface area contributed by atoms with E-state index in [1.165, 1.54) is 0 Å². The van der Waals surface area contributed by atoms with E-state index in [1.807, 2.05) is 26.0 Å². The maximum absolute atomic E-state index is 10.7. The van der Waals surface area contributed by atoms with Crippen molar-refractivity contribution in [2.75, 3.05) is 0 Å². The number of carbonyl (C=O) groups excluding carboxylic acids is 1. The normalized spacial score (nSPS) is 12.1. The molecule has 0 atom stereocenters. The third-order valence-electron chi connectivity index (χ3n) is 2.27. The van der Waals surface area contributed by atoms with Gasteiger partial charge < -0.3 is 5.11 Å². The smallest absolute Gasteiger partial charge is 0.150 e. The van der Waals surface area contributed by atoms with E-state index in [-0.39, 0.29) is 0 Å². The zero-order chi connectivity index (χ0) is 10.7. The van der Waals surface area contributed by atoms with Crippen LogP contribution in [0.5, 0.6) is 0 Å². The Balaban J connectivity index is 3.57.